The molecule has 5 unspecified atom stereocenters. The second-order valence-corrected chi connectivity index (χ2v) is 26.9. The van der Waals surface area contributed by atoms with E-state index in [1.54, 1.807) is 39.8 Å². The van der Waals surface area contributed by atoms with Crippen LogP contribution < -0.4 is 32.0 Å². The molecule has 0 aliphatic heterocycles. The van der Waals surface area contributed by atoms with E-state index in [1.165, 1.54) is 52.4 Å². The number of rotatable bonds is 39. The van der Waals surface area contributed by atoms with E-state index in [4.69, 9.17) is 23.7 Å². The molecule has 5 atom stereocenters. The number of hydrogen-bond acceptors (Lipinski definition) is 15. The standard InChI is InChI=1S/C60H113N7O14/c1-41(2)28-32-56(8,9)63-51(73)30-34-78-39-60(38-77-33-29-50(72)62-55(5,6)7,40-79-35-31-52(74)64-57(10,11)58(12,13)81-48(54(76)61-43(4)70)36-46(37-68)42(3)69)65-49(71)22-19-23-53(75)66-67(16)59(14,15)80-47-26-24-45(25-27-47)44-20-17-18-21-44/h41-42,44-48,54,68-69,76H,17-40H2,1-16H3,(H,61,70)(H,62,72)(H,63,73)(H,64,74)(H,65,71)(H,66,75). The predicted molar refractivity (Wildman–Crippen MR) is 312 cm³/mol. The highest BCUT2D eigenvalue weighted by Gasteiger charge is 2.44. The van der Waals surface area contributed by atoms with Gasteiger partial charge in [0.15, 0.2) is 6.23 Å². The number of nitrogens with zero attached hydrogens (tertiary/aromatic N) is 1. The fraction of sp³-hybridized carbons (Fsp3) is 0.900. The third-order valence-corrected chi connectivity index (χ3v) is 16.0. The van der Waals surface area contributed by atoms with Crippen LogP contribution in [0.3, 0.4) is 0 Å². The van der Waals surface area contributed by atoms with Gasteiger partial charge in [0.1, 0.15) is 17.4 Å². The van der Waals surface area contributed by atoms with Crippen LogP contribution in [0.5, 0.6) is 0 Å². The van der Waals surface area contributed by atoms with E-state index >= 15 is 0 Å². The number of ether oxygens (including phenoxy) is 5. The van der Waals surface area contributed by atoms with Crippen molar-refractivity contribution in [3.63, 3.8) is 0 Å². The van der Waals surface area contributed by atoms with E-state index < -0.39 is 82.2 Å². The largest absolute Gasteiger partial charge is 0.396 e. The van der Waals surface area contributed by atoms with Crippen LogP contribution in [0.4, 0.5) is 0 Å². The molecule has 21 heteroatoms. The molecule has 0 heterocycles. The van der Waals surface area contributed by atoms with Crippen LogP contribution in [-0.4, -0.2) is 167 Å². The molecule has 2 saturated carbocycles. The average molecular weight is 1160 g/mol. The SMILES string of the molecule is CC(=O)NC(O)C(CC(CO)C(C)O)OC(C)(C)C(C)(C)NC(=O)CCOCC(COCCC(=O)NC(C)(C)C)(COCCC(=O)NC(C)(C)CCC(C)C)NC(=O)CCCC(=O)NN(C)C(C)(C)OC1CCC(C2CCCC2)CC1. The molecule has 0 aromatic heterocycles. The first-order valence-electron chi connectivity index (χ1n) is 30.1. The molecule has 2 aliphatic carbocycles. The van der Waals surface area contributed by atoms with E-state index in [2.05, 4.69) is 45.9 Å². The third-order valence-electron chi connectivity index (χ3n) is 16.0. The summed E-state index contributed by atoms with van der Waals surface area (Å²) in [6.45, 7) is 26.2. The maximum absolute atomic E-state index is 14.0. The van der Waals surface area contributed by atoms with Gasteiger partial charge in [-0.05, 0) is 152 Å². The highest BCUT2D eigenvalue weighted by molar-refractivity contribution is 5.79. The summed E-state index contributed by atoms with van der Waals surface area (Å²) < 4.78 is 31.4. The van der Waals surface area contributed by atoms with Gasteiger partial charge in [-0.2, -0.15) is 5.01 Å². The first-order chi connectivity index (χ1) is 37.5. The Morgan fingerprint density at radius 3 is 1.59 bits per heavy atom. The lowest BCUT2D eigenvalue weighted by molar-refractivity contribution is -0.186. The van der Waals surface area contributed by atoms with Crippen molar-refractivity contribution in [2.45, 2.75) is 271 Å². The Morgan fingerprint density at radius 2 is 1.11 bits per heavy atom. The summed E-state index contributed by atoms with van der Waals surface area (Å²) in [4.78, 5) is 78.9. The van der Waals surface area contributed by atoms with Crippen molar-refractivity contribution < 1.29 is 67.8 Å². The van der Waals surface area contributed by atoms with Crippen molar-refractivity contribution in [1.29, 1.82) is 0 Å². The molecule has 0 radical (unpaired) electrons. The van der Waals surface area contributed by atoms with Crippen LogP contribution in [0.1, 0.15) is 213 Å². The number of hydrazine groups is 1. The van der Waals surface area contributed by atoms with Crippen LogP contribution in [0.15, 0.2) is 0 Å². The Labute approximate surface area is 486 Å². The molecule has 2 rings (SSSR count). The van der Waals surface area contributed by atoms with Gasteiger partial charge >= 0.3 is 0 Å². The fourth-order valence-electron chi connectivity index (χ4n) is 10.3. The van der Waals surface area contributed by atoms with Crippen LogP contribution in [0, 0.1) is 23.7 Å². The van der Waals surface area contributed by atoms with E-state index in [9.17, 15) is 44.1 Å². The Hall–Kier alpha value is -3.54. The van der Waals surface area contributed by atoms with Gasteiger partial charge < -0.3 is 65.6 Å². The molecule has 2 aliphatic rings. The normalized spacial score (nSPS) is 19.1. The van der Waals surface area contributed by atoms with Crippen molar-refractivity contribution in [2.24, 2.45) is 23.7 Å². The molecular formula is C60H113N7O14. The van der Waals surface area contributed by atoms with Crippen LogP contribution in [-0.2, 0) is 52.5 Å². The van der Waals surface area contributed by atoms with Crippen LogP contribution in [0.25, 0.3) is 0 Å². The van der Waals surface area contributed by atoms with Crippen LogP contribution >= 0.6 is 0 Å². The van der Waals surface area contributed by atoms with Gasteiger partial charge in [-0.15, -0.1) is 0 Å². The number of aliphatic hydroxyl groups excluding tert-OH is 3. The van der Waals surface area contributed by atoms with Crippen molar-refractivity contribution in [3.8, 4) is 0 Å². The number of carbonyl (C=O) groups excluding carboxylic acids is 6. The van der Waals surface area contributed by atoms with Crippen molar-refractivity contribution in [2.75, 3.05) is 53.3 Å². The minimum absolute atomic E-state index is 0.00902. The summed E-state index contributed by atoms with van der Waals surface area (Å²) in [7, 11) is 1.78. The van der Waals surface area contributed by atoms with Crippen molar-refractivity contribution in [1.82, 2.24) is 37.0 Å². The number of hydrogen-bond donors (Lipinski definition) is 9. The molecule has 0 aromatic rings. The molecule has 6 amide bonds. The maximum Gasteiger partial charge on any atom is 0.234 e. The molecule has 2 fully saturated rings. The van der Waals surface area contributed by atoms with Gasteiger partial charge in [0.05, 0.1) is 63.0 Å². The highest BCUT2D eigenvalue weighted by Crippen LogP contribution is 2.40. The molecule has 0 saturated heterocycles. The van der Waals surface area contributed by atoms with E-state index in [-0.39, 0.29) is 108 Å². The van der Waals surface area contributed by atoms with E-state index in [0.717, 1.165) is 37.5 Å². The van der Waals surface area contributed by atoms with Gasteiger partial charge in [0.25, 0.3) is 0 Å². The molecule has 21 nitrogen and oxygen atoms in total. The monoisotopic (exact) mass is 1160 g/mol. The van der Waals surface area contributed by atoms with E-state index in [0.29, 0.717) is 5.92 Å². The fourth-order valence-corrected chi connectivity index (χ4v) is 10.3. The number of amides is 6. The summed E-state index contributed by atoms with van der Waals surface area (Å²) in [6, 6.07) is 0. The summed E-state index contributed by atoms with van der Waals surface area (Å²) in [5.74, 6) is -0.671. The summed E-state index contributed by atoms with van der Waals surface area (Å²) in [6.07, 6.45) is 8.12. The molecule has 0 bridgehead atoms. The zero-order valence-electron chi connectivity index (χ0n) is 52.9. The molecule has 9 N–H and O–H groups in total. The van der Waals surface area contributed by atoms with Gasteiger partial charge in [0.2, 0.25) is 35.4 Å². The van der Waals surface area contributed by atoms with Gasteiger partial charge in [-0.1, -0.05) is 39.5 Å². The second kappa shape index (κ2) is 34.4. The summed E-state index contributed by atoms with van der Waals surface area (Å²) >= 11 is 0. The lowest BCUT2D eigenvalue weighted by atomic mass is 9.78. The number of carbonyl (C=O) groups is 6. The minimum atomic E-state index is -1.49. The molecule has 472 valence electrons. The zero-order chi connectivity index (χ0) is 61.4. The predicted octanol–water partition coefficient (Wildman–Crippen LogP) is 5.83. The molecule has 0 spiro atoms. The third kappa shape index (κ3) is 29.2. The summed E-state index contributed by atoms with van der Waals surface area (Å²) in [5, 5.41) is 47.3. The molecule has 0 aromatic carbocycles. The van der Waals surface area contributed by atoms with Gasteiger partial charge in [0, 0.05) is 69.7 Å². The maximum atomic E-state index is 14.0. The van der Waals surface area contributed by atoms with Gasteiger partial charge in [-0.25, -0.2) is 0 Å². The Bertz CT molecular complexity index is 1910. The number of aliphatic hydroxyl groups is 3. The smallest absolute Gasteiger partial charge is 0.234 e. The number of nitrogens with one attached hydrogen (secondary N) is 6. The van der Waals surface area contributed by atoms with E-state index in [1.807, 2.05) is 48.5 Å². The summed E-state index contributed by atoms with van der Waals surface area (Å²) in [5.41, 5.74) is -2.42. The lowest BCUT2D eigenvalue weighted by Crippen LogP contribution is -2.62. The first-order valence-corrected chi connectivity index (χ1v) is 30.1. The van der Waals surface area contributed by atoms with Crippen molar-refractivity contribution in [3.05, 3.63) is 0 Å². The Kier molecular flexibility index (Phi) is 31.3. The van der Waals surface area contributed by atoms with Crippen molar-refractivity contribution >= 4 is 35.4 Å². The quantitative estimate of drug-likeness (QED) is 0.0199. The second-order valence-electron chi connectivity index (χ2n) is 26.9. The lowest BCUT2D eigenvalue weighted by Gasteiger charge is -2.45. The topological polar surface area (TPSA) is 285 Å². The van der Waals surface area contributed by atoms with Crippen LogP contribution in [0.2, 0.25) is 0 Å². The Balaban J connectivity index is 2.26. The molecule has 81 heavy (non-hydrogen) atoms. The highest BCUT2D eigenvalue weighted by atomic mass is 16.5. The molecular weight excluding hydrogens is 1040 g/mol. The zero-order valence-corrected chi connectivity index (χ0v) is 52.9. The Morgan fingerprint density at radius 1 is 0.630 bits per heavy atom. The van der Waals surface area contributed by atoms with Gasteiger partial charge in [-0.3, -0.25) is 34.2 Å². The average Bonchev–Trinajstić information content (AvgIpc) is 3.88. The minimum Gasteiger partial charge on any atom is -0.396 e. The first kappa shape index (κ1) is 73.6.